The Bertz CT molecular complexity index is 677. The molecule has 0 saturated carbocycles. The van der Waals surface area contributed by atoms with Crippen LogP contribution in [0.5, 0.6) is 0 Å². The summed E-state index contributed by atoms with van der Waals surface area (Å²) in [4.78, 5) is 12.7. The van der Waals surface area contributed by atoms with E-state index in [1.807, 2.05) is 26.0 Å². The summed E-state index contributed by atoms with van der Waals surface area (Å²) in [5, 5.41) is 14.8. The molecule has 0 bridgehead atoms. The molecule has 1 heterocycles. The third-order valence-electron chi connectivity index (χ3n) is 4.57. The average molecular weight is 340 g/mol. The number of halogens is 1. The minimum Gasteiger partial charge on any atom is -0.481 e. The number of rotatable bonds is 7. The molecule has 0 spiro atoms. The Labute approximate surface area is 140 Å². The van der Waals surface area contributed by atoms with Crippen molar-refractivity contribution in [3.63, 3.8) is 0 Å². The molecule has 0 fully saturated rings. The fraction of sp³-hybridized carbons (Fsp3) is 0.471. The lowest BCUT2D eigenvalue weighted by Crippen LogP contribution is -2.39. The lowest BCUT2D eigenvalue weighted by Gasteiger charge is -2.26. The second-order valence-electron chi connectivity index (χ2n) is 5.66. The fourth-order valence-corrected chi connectivity index (χ4v) is 4.19. The highest BCUT2D eigenvalue weighted by Crippen LogP contribution is 2.35. The van der Waals surface area contributed by atoms with Gasteiger partial charge in [0.2, 0.25) is 0 Å². The molecule has 0 aliphatic carbocycles. The van der Waals surface area contributed by atoms with Gasteiger partial charge in [-0.25, -0.2) is 0 Å². The first-order chi connectivity index (χ1) is 10.4. The Kier molecular flexibility index (Phi) is 5.48. The molecule has 120 valence electrons. The number of hydrogen-bond acceptors (Lipinski definition) is 3. The van der Waals surface area contributed by atoms with Crippen molar-refractivity contribution in [2.24, 2.45) is 5.41 Å². The highest BCUT2D eigenvalue weighted by atomic mass is 35.5. The van der Waals surface area contributed by atoms with Crippen LogP contribution in [0.15, 0.2) is 18.2 Å². The Morgan fingerprint density at radius 1 is 1.36 bits per heavy atom. The number of aryl methyl sites for hydroxylation is 1. The number of fused-ring (bicyclic) bond motifs is 1. The first-order valence-electron chi connectivity index (χ1n) is 7.55. The van der Waals surface area contributed by atoms with E-state index in [9.17, 15) is 9.90 Å². The summed E-state index contributed by atoms with van der Waals surface area (Å²) in [6, 6.07) is 5.95. The molecule has 0 aliphatic rings. The molecule has 3 nitrogen and oxygen atoms in total. The molecule has 0 saturated heterocycles. The van der Waals surface area contributed by atoms with Gasteiger partial charge in [-0.05, 0) is 36.8 Å². The molecule has 0 amide bonds. The van der Waals surface area contributed by atoms with Crippen molar-refractivity contribution in [3.05, 3.63) is 33.7 Å². The van der Waals surface area contributed by atoms with Crippen LogP contribution in [-0.2, 0) is 11.3 Å². The maximum atomic E-state index is 11.5. The molecular weight excluding hydrogens is 318 g/mol. The van der Waals surface area contributed by atoms with Crippen molar-refractivity contribution < 1.29 is 9.90 Å². The Morgan fingerprint density at radius 2 is 2.05 bits per heavy atom. The summed E-state index contributed by atoms with van der Waals surface area (Å²) in [7, 11) is 0. The highest BCUT2D eigenvalue weighted by molar-refractivity contribution is 7.20. The van der Waals surface area contributed by atoms with Crippen LogP contribution in [-0.4, -0.2) is 17.6 Å². The zero-order valence-electron chi connectivity index (χ0n) is 13.2. The molecule has 0 atom stereocenters. The minimum atomic E-state index is -0.721. The van der Waals surface area contributed by atoms with Gasteiger partial charge in [-0.3, -0.25) is 4.79 Å². The van der Waals surface area contributed by atoms with Crippen molar-refractivity contribution in [1.29, 1.82) is 0 Å². The molecule has 2 rings (SSSR count). The number of nitrogens with one attached hydrogen (secondary N) is 1. The lowest BCUT2D eigenvalue weighted by molar-refractivity contribution is -0.149. The van der Waals surface area contributed by atoms with Crippen LogP contribution in [0.4, 0.5) is 0 Å². The van der Waals surface area contributed by atoms with E-state index >= 15 is 0 Å². The number of carbonyl (C=O) groups is 1. The van der Waals surface area contributed by atoms with Crippen LogP contribution in [0, 0.1) is 12.3 Å². The van der Waals surface area contributed by atoms with Gasteiger partial charge in [0.25, 0.3) is 0 Å². The number of aliphatic carboxylic acids is 1. The second kappa shape index (κ2) is 6.99. The topological polar surface area (TPSA) is 49.3 Å². The van der Waals surface area contributed by atoms with Gasteiger partial charge in [0.1, 0.15) is 0 Å². The minimum absolute atomic E-state index is 0.483. The van der Waals surface area contributed by atoms with Crippen molar-refractivity contribution in [2.45, 2.75) is 40.2 Å². The van der Waals surface area contributed by atoms with Gasteiger partial charge in [0.05, 0.1) is 15.1 Å². The third kappa shape index (κ3) is 3.14. The average Bonchev–Trinajstić information content (AvgIpc) is 2.82. The molecule has 1 aromatic carbocycles. The van der Waals surface area contributed by atoms with E-state index in [0.29, 0.717) is 25.9 Å². The second-order valence-corrected chi connectivity index (χ2v) is 7.18. The molecular formula is C17H22ClNO2S. The number of carboxylic acid groups (broad SMARTS) is 1. The largest absolute Gasteiger partial charge is 0.481 e. The summed E-state index contributed by atoms with van der Waals surface area (Å²) in [6.45, 7) is 7.12. The van der Waals surface area contributed by atoms with Crippen LogP contribution in [0.3, 0.4) is 0 Å². The fourth-order valence-electron chi connectivity index (χ4n) is 2.72. The van der Waals surface area contributed by atoms with Crippen LogP contribution in [0.1, 0.15) is 37.1 Å². The summed E-state index contributed by atoms with van der Waals surface area (Å²) in [5.41, 5.74) is 0.548. The normalized spacial score (nSPS) is 12.0. The molecule has 22 heavy (non-hydrogen) atoms. The van der Waals surface area contributed by atoms with Crippen molar-refractivity contribution in [3.8, 4) is 0 Å². The maximum absolute atomic E-state index is 11.5. The molecule has 2 aromatic rings. The van der Waals surface area contributed by atoms with Crippen LogP contribution >= 0.6 is 22.9 Å². The van der Waals surface area contributed by atoms with Gasteiger partial charge in [-0.1, -0.05) is 37.6 Å². The van der Waals surface area contributed by atoms with Gasteiger partial charge in [-0.2, -0.15) is 0 Å². The third-order valence-corrected chi connectivity index (χ3v) is 6.34. The monoisotopic (exact) mass is 339 g/mol. The molecule has 5 heteroatoms. The lowest BCUT2D eigenvalue weighted by atomic mass is 9.82. The van der Waals surface area contributed by atoms with E-state index < -0.39 is 11.4 Å². The quantitative estimate of drug-likeness (QED) is 0.758. The van der Waals surface area contributed by atoms with Crippen LogP contribution in [0.25, 0.3) is 10.1 Å². The molecule has 0 unspecified atom stereocenters. The number of carboxylic acids is 1. The zero-order chi connectivity index (χ0) is 16.3. The first kappa shape index (κ1) is 17.3. The summed E-state index contributed by atoms with van der Waals surface area (Å²) >= 11 is 7.93. The van der Waals surface area contributed by atoms with Gasteiger partial charge in [0.15, 0.2) is 0 Å². The Morgan fingerprint density at radius 3 is 2.59 bits per heavy atom. The predicted molar refractivity (Wildman–Crippen MR) is 93.9 cm³/mol. The highest BCUT2D eigenvalue weighted by Gasteiger charge is 2.34. The van der Waals surface area contributed by atoms with Gasteiger partial charge in [-0.15, -0.1) is 11.3 Å². The van der Waals surface area contributed by atoms with Crippen molar-refractivity contribution >= 4 is 39.0 Å². The van der Waals surface area contributed by atoms with Crippen molar-refractivity contribution in [1.82, 2.24) is 5.32 Å². The van der Waals surface area contributed by atoms with Gasteiger partial charge < -0.3 is 10.4 Å². The van der Waals surface area contributed by atoms with E-state index in [1.54, 1.807) is 11.3 Å². The van der Waals surface area contributed by atoms with E-state index in [0.717, 1.165) is 9.72 Å². The number of benzene rings is 1. The SMILES string of the molecule is CCC(CC)(CNCc1sc2c(Cl)cccc2c1C)C(=O)O. The van der Waals surface area contributed by atoms with E-state index in [4.69, 9.17) is 11.6 Å². The van der Waals surface area contributed by atoms with E-state index in [-0.39, 0.29) is 0 Å². The maximum Gasteiger partial charge on any atom is 0.310 e. The number of hydrogen-bond donors (Lipinski definition) is 2. The molecule has 0 radical (unpaired) electrons. The first-order valence-corrected chi connectivity index (χ1v) is 8.75. The Hall–Kier alpha value is -1.10. The van der Waals surface area contributed by atoms with E-state index in [2.05, 4.69) is 18.3 Å². The molecule has 1 aromatic heterocycles. The standard InChI is InChI=1S/C17H22ClNO2S/c1-4-17(5-2,16(20)21)10-19-9-14-11(3)12-7-6-8-13(18)15(12)22-14/h6-8,19H,4-5,9-10H2,1-3H3,(H,20,21). The Balaban J connectivity index is 2.14. The smallest absolute Gasteiger partial charge is 0.310 e. The van der Waals surface area contributed by atoms with E-state index in [1.165, 1.54) is 15.8 Å². The summed E-state index contributed by atoms with van der Waals surface area (Å²) in [6.07, 6.45) is 1.26. The zero-order valence-corrected chi connectivity index (χ0v) is 14.8. The summed E-state index contributed by atoms with van der Waals surface area (Å²) < 4.78 is 1.11. The molecule has 0 aliphatic heterocycles. The summed E-state index contributed by atoms with van der Waals surface area (Å²) in [5.74, 6) is -0.721. The van der Waals surface area contributed by atoms with Crippen LogP contribution < -0.4 is 5.32 Å². The molecule has 2 N–H and O–H groups in total. The van der Waals surface area contributed by atoms with Crippen molar-refractivity contribution in [2.75, 3.05) is 6.54 Å². The van der Waals surface area contributed by atoms with Gasteiger partial charge >= 0.3 is 5.97 Å². The predicted octanol–water partition coefficient (Wildman–Crippen LogP) is 4.84. The number of thiophene rings is 1. The van der Waals surface area contributed by atoms with Crippen LogP contribution in [0.2, 0.25) is 5.02 Å². The van der Waals surface area contributed by atoms with Gasteiger partial charge in [0, 0.05) is 18.0 Å².